The number of anilines is 1. The predicted octanol–water partition coefficient (Wildman–Crippen LogP) is 6.17. The van der Waals surface area contributed by atoms with Crippen LogP contribution in [0.3, 0.4) is 0 Å². The summed E-state index contributed by atoms with van der Waals surface area (Å²) in [5.74, 6) is -0.354. The molecule has 3 aromatic rings. The summed E-state index contributed by atoms with van der Waals surface area (Å²) in [4.78, 5) is 12.6. The van der Waals surface area contributed by atoms with E-state index in [1.165, 1.54) is 18.2 Å². The van der Waals surface area contributed by atoms with Gasteiger partial charge in [-0.2, -0.15) is 5.26 Å². The quantitative estimate of drug-likeness (QED) is 0.357. The number of nitriles is 1. The summed E-state index contributed by atoms with van der Waals surface area (Å²) >= 11 is 6.30. The van der Waals surface area contributed by atoms with Gasteiger partial charge in [-0.05, 0) is 59.5 Å². The fraction of sp³-hybridized carbons (Fsp3) is 0.120. The molecule has 1 N–H and O–H groups in total. The van der Waals surface area contributed by atoms with E-state index in [0.717, 1.165) is 17.5 Å². The maximum atomic E-state index is 13.0. The number of ether oxygens (including phenoxy) is 1. The largest absolute Gasteiger partial charge is 0.487 e. The highest BCUT2D eigenvalue weighted by Gasteiger charge is 2.12. The van der Waals surface area contributed by atoms with Crippen molar-refractivity contribution < 1.29 is 13.9 Å². The Balaban J connectivity index is 1.72. The lowest BCUT2D eigenvalue weighted by Crippen LogP contribution is -2.14. The van der Waals surface area contributed by atoms with Gasteiger partial charge >= 0.3 is 0 Å². The summed E-state index contributed by atoms with van der Waals surface area (Å²) in [5, 5.41) is 12.6. The summed E-state index contributed by atoms with van der Waals surface area (Å²) in [6, 6.07) is 20.4. The highest BCUT2D eigenvalue weighted by Crippen LogP contribution is 2.27. The minimum absolute atomic E-state index is 0.0399. The zero-order chi connectivity index (χ0) is 22.2. The zero-order valence-corrected chi connectivity index (χ0v) is 17.6. The van der Waals surface area contributed by atoms with E-state index in [9.17, 15) is 14.4 Å². The Kier molecular flexibility index (Phi) is 7.42. The molecule has 6 heteroatoms. The molecule has 0 spiro atoms. The van der Waals surface area contributed by atoms with Crippen molar-refractivity contribution in [3.63, 3.8) is 0 Å². The fourth-order valence-corrected chi connectivity index (χ4v) is 3.16. The van der Waals surface area contributed by atoms with Crippen molar-refractivity contribution in [3.8, 4) is 11.8 Å². The van der Waals surface area contributed by atoms with Gasteiger partial charge in [0.05, 0.1) is 5.02 Å². The Morgan fingerprint density at radius 3 is 2.58 bits per heavy atom. The van der Waals surface area contributed by atoms with E-state index in [-0.39, 0.29) is 18.0 Å². The molecule has 4 nitrogen and oxygen atoms in total. The van der Waals surface area contributed by atoms with E-state index >= 15 is 0 Å². The van der Waals surface area contributed by atoms with E-state index < -0.39 is 5.91 Å². The molecule has 156 valence electrons. The molecule has 0 atom stereocenters. The summed E-state index contributed by atoms with van der Waals surface area (Å²) in [5.41, 5.74) is 3.02. The van der Waals surface area contributed by atoms with Crippen LogP contribution in [0, 0.1) is 17.1 Å². The normalized spacial score (nSPS) is 11.0. The predicted molar refractivity (Wildman–Crippen MR) is 120 cm³/mol. The van der Waals surface area contributed by atoms with E-state index in [1.807, 2.05) is 31.2 Å². The first-order valence-electron chi connectivity index (χ1n) is 9.68. The lowest BCUT2D eigenvalue weighted by Gasteiger charge is -2.10. The molecule has 0 heterocycles. The van der Waals surface area contributed by atoms with Crippen LogP contribution in [-0.4, -0.2) is 5.91 Å². The third-order valence-corrected chi connectivity index (χ3v) is 4.88. The fourth-order valence-electron chi connectivity index (χ4n) is 2.92. The second-order valence-corrected chi connectivity index (χ2v) is 7.15. The van der Waals surface area contributed by atoms with Crippen LogP contribution < -0.4 is 10.1 Å². The number of carbonyl (C=O) groups excluding carboxylic acids is 1. The Labute approximate surface area is 185 Å². The number of hydrogen-bond acceptors (Lipinski definition) is 3. The topological polar surface area (TPSA) is 62.1 Å². The van der Waals surface area contributed by atoms with Crippen LogP contribution in [0.4, 0.5) is 10.1 Å². The van der Waals surface area contributed by atoms with Crippen LogP contribution in [-0.2, 0) is 17.8 Å². The average Bonchev–Trinajstić information content (AvgIpc) is 2.78. The van der Waals surface area contributed by atoms with Gasteiger partial charge in [-0.1, -0.05) is 54.9 Å². The number of rotatable bonds is 7. The Morgan fingerprint density at radius 2 is 1.90 bits per heavy atom. The van der Waals surface area contributed by atoms with Gasteiger partial charge in [-0.25, -0.2) is 4.39 Å². The first-order valence-corrected chi connectivity index (χ1v) is 10.1. The Hall–Kier alpha value is -3.62. The van der Waals surface area contributed by atoms with Crippen LogP contribution in [0.25, 0.3) is 6.08 Å². The number of nitrogens with one attached hydrogen (secondary N) is 1. The molecule has 0 unspecified atom stereocenters. The van der Waals surface area contributed by atoms with Crippen molar-refractivity contribution in [2.75, 3.05) is 5.32 Å². The number of amides is 1. The number of halogens is 2. The minimum Gasteiger partial charge on any atom is -0.487 e. The SMILES string of the molecule is CCc1ccccc1NC(=O)/C(C#N)=C/c1ccc(OCc2ccc(F)cc2)c(Cl)c1. The summed E-state index contributed by atoms with van der Waals surface area (Å²) in [6.45, 7) is 2.23. The molecule has 3 aromatic carbocycles. The lowest BCUT2D eigenvalue weighted by molar-refractivity contribution is -0.112. The van der Waals surface area contributed by atoms with Crippen molar-refractivity contribution in [2.45, 2.75) is 20.0 Å². The first kappa shape index (κ1) is 22.1. The van der Waals surface area contributed by atoms with Crippen molar-refractivity contribution >= 4 is 29.3 Å². The third kappa shape index (κ3) is 5.94. The third-order valence-electron chi connectivity index (χ3n) is 4.59. The summed E-state index contributed by atoms with van der Waals surface area (Å²) in [7, 11) is 0. The molecular weight excluding hydrogens is 415 g/mol. The Bertz CT molecular complexity index is 1150. The van der Waals surface area contributed by atoms with Gasteiger partial charge < -0.3 is 10.1 Å². The molecule has 0 radical (unpaired) electrons. The van der Waals surface area contributed by atoms with Gasteiger partial charge in [0, 0.05) is 5.69 Å². The molecule has 3 rings (SSSR count). The molecule has 0 saturated carbocycles. The van der Waals surface area contributed by atoms with E-state index in [2.05, 4.69) is 5.32 Å². The minimum atomic E-state index is -0.490. The van der Waals surface area contributed by atoms with Gasteiger partial charge in [0.1, 0.15) is 29.8 Å². The Morgan fingerprint density at radius 1 is 1.16 bits per heavy atom. The van der Waals surface area contributed by atoms with E-state index in [4.69, 9.17) is 16.3 Å². The molecule has 0 aliphatic rings. The standard InChI is InChI=1S/C25H20ClFN2O2/c1-2-19-5-3-4-6-23(19)29-25(30)20(15-28)13-18-9-12-24(22(26)14-18)31-16-17-7-10-21(27)11-8-17/h3-14H,2,16H2,1H3,(H,29,30)/b20-13+. The van der Waals surface area contributed by atoms with Crippen LogP contribution in [0.5, 0.6) is 5.75 Å². The molecule has 31 heavy (non-hydrogen) atoms. The van der Waals surface area contributed by atoms with Crippen molar-refractivity contribution in [3.05, 3.63) is 99.8 Å². The second-order valence-electron chi connectivity index (χ2n) is 6.74. The van der Waals surface area contributed by atoms with Gasteiger partial charge in [0.25, 0.3) is 5.91 Å². The molecule has 0 aliphatic carbocycles. The molecule has 1 amide bonds. The molecule has 0 fully saturated rings. The van der Waals surface area contributed by atoms with Crippen molar-refractivity contribution in [2.24, 2.45) is 0 Å². The van der Waals surface area contributed by atoms with Crippen LogP contribution in [0.1, 0.15) is 23.6 Å². The summed E-state index contributed by atoms with van der Waals surface area (Å²) in [6.07, 6.45) is 2.23. The van der Waals surface area contributed by atoms with Crippen molar-refractivity contribution in [1.82, 2.24) is 0 Å². The second kappa shape index (κ2) is 10.4. The molecule has 0 aliphatic heterocycles. The average molecular weight is 435 g/mol. The molecule has 0 bridgehead atoms. The van der Waals surface area contributed by atoms with Gasteiger partial charge in [0.15, 0.2) is 0 Å². The van der Waals surface area contributed by atoms with Gasteiger partial charge in [0.2, 0.25) is 0 Å². The van der Waals surface area contributed by atoms with E-state index in [1.54, 1.807) is 36.4 Å². The zero-order valence-electron chi connectivity index (χ0n) is 16.9. The number of hydrogen-bond donors (Lipinski definition) is 1. The van der Waals surface area contributed by atoms with Crippen LogP contribution in [0.15, 0.2) is 72.3 Å². The van der Waals surface area contributed by atoms with Crippen molar-refractivity contribution in [1.29, 1.82) is 5.26 Å². The lowest BCUT2D eigenvalue weighted by atomic mass is 10.1. The van der Waals surface area contributed by atoms with Gasteiger partial charge in [-0.3, -0.25) is 4.79 Å². The van der Waals surface area contributed by atoms with Gasteiger partial charge in [-0.15, -0.1) is 0 Å². The monoisotopic (exact) mass is 434 g/mol. The highest BCUT2D eigenvalue weighted by molar-refractivity contribution is 6.32. The van der Waals surface area contributed by atoms with Crippen LogP contribution >= 0.6 is 11.6 Å². The highest BCUT2D eigenvalue weighted by atomic mass is 35.5. The number of benzene rings is 3. The summed E-state index contributed by atoms with van der Waals surface area (Å²) < 4.78 is 18.7. The maximum Gasteiger partial charge on any atom is 0.266 e. The molecule has 0 aromatic heterocycles. The molecular formula is C25H20ClFN2O2. The smallest absolute Gasteiger partial charge is 0.266 e. The number of para-hydroxylation sites is 1. The van der Waals surface area contributed by atoms with Crippen LogP contribution in [0.2, 0.25) is 5.02 Å². The van der Waals surface area contributed by atoms with E-state index in [0.29, 0.717) is 22.0 Å². The number of aryl methyl sites for hydroxylation is 1. The number of nitrogens with zero attached hydrogens (tertiary/aromatic N) is 1. The maximum absolute atomic E-state index is 13.0. The molecule has 0 saturated heterocycles. The first-order chi connectivity index (χ1) is 15.0. The number of carbonyl (C=O) groups is 1.